The smallest absolute Gasteiger partial charge is 0.309 e. The predicted octanol–water partition coefficient (Wildman–Crippen LogP) is 4.37. The van der Waals surface area contributed by atoms with Gasteiger partial charge in [-0.25, -0.2) is 0 Å². The minimum absolute atomic E-state index is 0.00534. The summed E-state index contributed by atoms with van der Waals surface area (Å²) in [6.45, 7) is 8.48. The minimum Gasteiger partial charge on any atom is -0.481 e. The van der Waals surface area contributed by atoms with Crippen LogP contribution in [-0.2, 0) is 25.1 Å². The largest absolute Gasteiger partial charge is 0.481 e. The fourth-order valence-corrected chi connectivity index (χ4v) is 5.83. The van der Waals surface area contributed by atoms with Crippen molar-refractivity contribution in [3.05, 3.63) is 65.9 Å². The lowest BCUT2D eigenvalue weighted by Crippen LogP contribution is -2.29. The molecule has 0 amide bonds. The Labute approximate surface area is 235 Å². The highest BCUT2D eigenvalue weighted by Crippen LogP contribution is 2.42. The van der Waals surface area contributed by atoms with Gasteiger partial charge in [-0.2, -0.15) is 18.1 Å². The van der Waals surface area contributed by atoms with Crippen LogP contribution in [0.25, 0.3) is 0 Å². The number of para-hydroxylation sites is 1. The van der Waals surface area contributed by atoms with Gasteiger partial charge in [0.15, 0.2) is 12.3 Å². The van der Waals surface area contributed by atoms with Crippen LogP contribution in [0.4, 0.5) is 5.69 Å². The van der Waals surface area contributed by atoms with Crippen molar-refractivity contribution in [1.29, 1.82) is 0 Å². The fraction of sp³-hybridized carbons (Fsp3) is 0.448. The van der Waals surface area contributed by atoms with Gasteiger partial charge in [-0.1, -0.05) is 36.4 Å². The summed E-state index contributed by atoms with van der Waals surface area (Å²) in [5.74, 6) is -2.18. The van der Waals surface area contributed by atoms with Crippen molar-refractivity contribution in [2.45, 2.75) is 58.8 Å². The Balaban J connectivity index is 1.89. The number of rotatable bonds is 13. The molecule has 2 aliphatic rings. The third-order valence-corrected chi connectivity index (χ3v) is 8.41. The first-order valence-corrected chi connectivity index (χ1v) is 14.8. The van der Waals surface area contributed by atoms with Crippen molar-refractivity contribution in [3.8, 4) is 0 Å². The Kier molecular flexibility index (Phi) is 9.52. The topological polar surface area (TPSA) is 148 Å². The molecule has 1 atom stereocenters. The van der Waals surface area contributed by atoms with Gasteiger partial charge in [0.05, 0.1) is 24.1 Å². The van der Waals surface area contributed by atoms with E-state index in [0.717, 1.165) is 28.4 Å². The fourth-order valence-electron chi connectivity index (χ4n) is 5.32. The SMILES string of the molecule is CC1=NN(CCC(=O)O)\C(=C/C=C/C=C/C2=[N+](CCC(=O)O)c3ccccc3C2(C)C)C1(C)CCCS(=O)(=O)O. The molecule has 0 saturated carbocycles. The molecule has 2 heterocycles. The molecule has 216 valence electrons. The average Bonchev–Trinajstić information content (AvgIpc) is 3.22. The summed E-state index contributed by atoms with van der Waals surface area (Å²) < 4.78 is 33.7. The van der Waals surface area contributed by atoms with Crippen molar-refractivity contribution < 1.29 is 37.3 Å². The van der Waals surface area contributed by atoms with Crippen LogP contribution in [0, 0.1) is 5.41 Å². The second kappa shape index (κ2) is 12.3. The number of hydrogen-bond donors (Lipinski definition) is 3. The van der Waals surface area contributed by atoms with Gasteiger partial charge < -0.3 is 10.2 Å². The molecule has 1 unspecified atom stereocenters. The molecule has 0 radical (unpaired) electrons. The van der Waals surface area contributed by atoms with Crippen LogP contribution in [0.5, 0.6) is 0 Å². The van der Waals surface area contributed by atoms with E-state index in [-0.39, 0.29) is 37.0 Å². The average molecular weight is 573 g/mol. The highest BCUT2D eigenvalue weighted by molar-refractivity contribution is 7.85. The summed E-state index contributed by atoms with van der Waals surface area (Å²) >= 11 is 0. The summed E-state index contributed by atoms with van der Waals surface area (Å²) in [5.41, 5.74) is 3.62. The van der Waals surface area contributed by atoms with E-state index in [4.69, 9.17) is 4.55 Å². The van der Waals surface area contributed by atoms with Crippen molar-refractivity contribution >= 4 is 39.2 Å². The van der Waals surface area contributed by atoms with Gasteiger partial charge in [-0.15, -0.1) is 0 Å². The number of nitrogens with zero attached hydrogens (tertiary/aromatic N) is 3. The summed E-state index contributed by atoms with van der Waals surface area (Å²) in [4.78, 5) is 22.5. The van der Waals surface area contributed by atoms with E-state index in [2.05, 4.69) is 25.0 Å². The van der Waals surface area contributed by atoms with Gasteiger partial charge >= 0.3 is 11.9 Å². The zero-order chi connectivity index (χ0) is 29.7. The predicted molar refractivity (Wildman–Crippen MR) is 154 cm³/mol. The number of carboxylic acids is 2. The lowest BCUT2D eigenvalue weighted by Gasteiger charge is -2.29. The van der Waals surface area contributed by atoms with Crippen LogP contribution < -0.4 is 0 Å². The zero-order valence-electron chi connectivity index (χ0n) is 23.4. The number of carboxylic acid groups (broad SMARTS) is 2. The number of aliphatic carboxylic acids is 2. The van der Waals surface area contributed by atoms with Crippen LogP contribution in [0.3, 0.4) is 0 Å². The monoisotopic (exact) mass is 572 g/mol. The molecular formula is C29H38N3O7S+. The number of fused-ring (bicyclic) bond motifs is 1. The van der Waals surface area contributed by atoms with E-state index in [0.29, 0.717) is 13.0 Å². The first-order valence-electron chi connectivity index (χ1n) is 13.2. The molecule has 1 aromatic carbocycles. The number of benzene rings is 1. The number of carbonyl (C=O) groups is 2. The maximum absolute atomic E-state index is 11.3. The van der Waals surface area contributed by atoms with Crippen LogP contribution in [0.2, 0.25) is 0 Å². The molecule has 10 nitrogen and oxygen atoms in total. The lowest BCUT2D eigenvalue weighted by molar-refractivity contribution is -0.436. The lowest BCUT2D eigenvalue weighted by atomic mass is 9.78. The van der Waals surface area contributed by atoms with E-state index in [1.807, 2.05) is 67.0 Å². The maximum Gasteiger partial charge on any atom is 0.309 e. The molecule has 0 fully saturated rings. The van der Waals surface area contributed by atoms with E-state index in [1.165, 1.54) is 0 Å². The van der Waals surface area contributed by atoms with Crippen molar-refractivity contribution in [2.24, 2.45) is 10.5 Å². The standard InChI is InChI=1S/C29H37N3O7S/c1-21-29(4,17-10-20-40(37,38)39)25(32(30-21)19-16-27(35)36)14-7-5-6-13-24-28(2,3)22-11-8-9-12-23(22)31(24)18-15-26(33)34/h5-9,11-14H,10,15-20H2,1-4H3,(H2-,33,34,35,36,37,38,39)/p+1. The third kappa shape index (κ3) is 7.14. The Morgan fingerprint density at radius 3 is 2.38 bits per heavy atom. The molecule has 0 aliphatic carbocycles. The quantitative estimate of drug-likeness (QED) is 0.179. The molecule has 11 heteroatoms. The molecular weight excluding hydrogens is 534 g/mol. The molecule has 3 N–H and O–H groups in total. The van der Waals surface area contributed by atoms with Crippen molar-refractivity contribution in [3.63, 3.8) is 0 Å². The normalized spacial score (nSPS) is 21.6. The molecule has 1 aromatic rings. The summed E-state index contributed by atoms with van der Waals surface area (Å²) in [5, 5.41) is 24.7. The zero-order valence-corrected chi connectivity index (χ0v) is 24.2. The van der Waals surface area contributed by atoms with Crippen molar-refractivity contribution in [1.82, 2.24) is 5.01 Å². The molecule has 0 saturated heterocycles. The third-order valence-electron chi connectivity index (χ3n) is 7.61. The molecule has 3 rings (SSSR count). The van der Waals surface area contributed by atoms with Crippen LogP contribution in [0.1, 0.15) is 58.9 Å². The second-order valence-corrected chi connectivity index (χ2v) is 12.4. The minimum atomic E-state index is -4.10. The summed E-state index contributed by atoms with van der Waals surface area (Å²) in [6.07, 6.45) is 9.89. The van der Waals surface area contributed by atoms with E-state index in [1.54, 1.807) is 5.01 Å². The number of hydrogen-bond acceptors (Lipinski definition) is 6. The first-order chi connectivity index (χ1) is 18.7. The van der Waals surface area contributed by atoms with Gasteiger partial charge in [0, 0.05) is 34.5 Å². The van der Waals surface area contributed by atoms with E-state index in [9.17, 15) is 28.2 Å². The van der Waals surface area contributed by atoms with Gasteiger partial charge in [-0.05, 0) is 46.6 Å². The maximum atomic E-state index is 11.3. The van der Waals surface area contributed by atoms with Crippen LogP contribution in [-0.4, -0.2) is 75.0 Å². The summed E-state index contributed by atoms with van der Waals surface area (Å²) in [7, 11) is -4.10. The van der Waals surface area contributed by atoms with Gasteiger partial charge in [0.1, 0.15) is 6.42 Å². The van der Waals surface area contributed by atoms with Gasteiger partial charge in [0.25, 0.3) is 10.1 Å². The van der Waals surface area contributed by atoms with Crippen LogP contribution >= 0.6 is 0 Å². The first kappa shape index (κ1) is 31.0. The van der Waals surface area contributed by atoms with Crippen LogP contribution in [0.15, 0.2) is 65.4 Å². The van der Waals surface area contributed by atoms with Crippen molar-refractivity contribution in [2.75, 3.05) is 18.8 Å². The van der Waals surface area contributed by atoms with Gasteiger partial charge in [0.2, 0.25) is 5.69 Å². The Morgan fingerprint density at radius 2 is 1.73 bits per heavy atom. The Bertz CT molecular complexity index is 1420. The molecule has 0 bridgehead atoms. The summed E-state index contributed by atoms with van der Waals surface area (Å²) in [6, 6.07) is 7.97. The Morgan fingerprint density at radius 1 is 1.05 bits per heavy atom. The number of allylic oxidation sites excluding steroid dienone is 6. The highest BCUT2D eigenvalue weighted by Gasteiger charge is 2.44. The number of hydrazone groups is 1. The highest BCUT2D eigenvalue weighted by atomic mass is 32.2. The second-order valence-electron chi connectivity index (χ2n) is 10.8. The van der Waals surface area contributed by atoms with Gasteiger partial charge in [-0.3, -0.25) is 19.2 Å². The molecule has 0 aromatic heterocycles. The van der Waals surface area contributed by atoms with E-state index >= 15 is 0 Å². The molecule has 2 aliphatic heterocycles. The van der Waals surface area contributed by atoms with E-state index < -0.39 is 27.5 Å². The molecule has 40 heavy (non-hydrogen) atoms. The molecule has 0 spiro atoms. The Hall–Kier alpha value is -3.57.